The number of aliphatic carboxylic acids is 1. The average Bonchev–Trinajstić information content (AvgIpc) is 1.65. The number of nitrogens with two attached hydrogens (primary N) is 1. The lowest BCUT2D eigenvalue weighted by Crippen LogP contribution is -2.32. The molecule has 42 valence electrons. The van der Waals surface area contributed by atoms with Gasteiger partial charge in [0.05, 0.1) is 6.04 Å². The molecule has 0 aromatic rings. The quantitative estimate of drug-likeness (QED) is 0.456. The monoisotopic (exact) mass is 120 g/mol. The van der Waals surface area contributed by atoms with E-state index in [9.17, 15) is 4.79 Å². The number of carbonyl (C=O) groups is 1. The van der Waals surface area contributed by atoms with Crippen molar-refractivity contribution in [2.24, 2.45) is 5.73 Å². The van der Waals surface area contributed by atoms with Crippen molar-refractivity contribution >= 4 is 18.6 Å². The first-order valence-electron chi connectivity index (χ1n) is 1.75. The molecule has 1 atom stereocenters. The fraction of sp³-hybridized carbons (Fsp3) is 0.667. The van der Waals surface area contributed by atoms with E-state index in [0.29, 0.717) is 0 Å². The van der Waals surface area contributed by atoms with Crippen molar-refractivity contribution in [2.75, 3.05) is 5.75 Å². The van der Waals surface area contributed by atoms with Gasteiger partial charge >= 0.3 is 5.97 Å². The lowest BCUT2D eigenvalue weighted by Gasteiger charge is -2.06. The van der Waals surface area contributed by atoms with Gasteiger partial charge in [-0.2, -0.15) is 5.75 Å². The predicted molar refractivity (Wildman–Crippen MR) is 27.8 cm³/mol. The molecule has 0 saturated carbocycles. The number of hydrogen-bond acceptors (Lipinski definition) is 3. The molecule has 0 aromatic carbocycles. The second-order valence-corrected chi connectivity index (χ2v) is 1.44. The highest BCUT2D eigenvalue weighted by molar-refractivity contribution is 7.58. The van der Waals surface area contributed by atoms with Crippen molar-refractivity contribution in [3.63, 3.8) is 0 Å². The lowest BCUT2D eigenvalue weighted by atomic mass is 10.4. The van der Waals surface area contributed by atoms with Gasteiger partial charge in [0, 0.05) is 0 Å². The van der Waals surface area contributed by atoms with E-state index >= 15 is 0 Å². The second-order valence-electron chi connectivity index (χ2n) is 1.11. The van der Waals surface area contributed by atoms with Crippen molar-refractivity contribution in [1.29, 1.82) is 0 Å². The molecule has 0 unspecified atom stereocenters. The van der Waals surface area contributed by atoms with Crippen LogP contribution in [0.15, 0.2) is 0 Å². The molecule has 4 heteroatoms. The van der Waals surface area contributed by atoms with Crippen molar-refractivity contribution in [1.82, 2.24) is 0 Å². The van der Waals surface area contributed by atoms with Gasteiger partial charge in [-0.25, -0.2) is 0 Å². The fourth-order valence-corrected chi connectivity index (χ4v) is 0.214. The average molecular weight is 120 g/mol. The fourth-order valence-electron chi connectivity index (χ4n) is 0.0713. The zero-order valence-electron chi connectivity index (χ0n) is 3.63. The third-order valence-electron chi connectivity index (χ3n) is 0.497. The minimum absolute atomic E-state index is 0.0787. The summed E-state index contributed by atoms with van der Waals surface area (Å²) in [6.07, 6.45) is 0. The SMILES string of the molecule is N[C@@H](C[S-])C(=O)O. The zero-order chi connectivity index (χ0) is 5.86. The Hall–Kier alpha value is -0.220. The van der Waals surface area contributed by atoms with Gasteiger partial charge in [-0.1, -0.05) is 0 Å². The smallest absolute Gasteiger partial charge is 0.318 e. The Morgan fingerprint density at radius 2 is 2.43 bits per heavy atom. The number of carboxylic acids is 1. The van der Waals surface area contributed by atoms with Crippen molar-refractivity contribution in [2.45, 2.75) is 6.04 Å². The van der Waals surface area contributed by atoms with Crippen molar-refractivity contribution in [3.05, 3.63) is 0 Å². The van der Waals surface area contributed by atoms with Gasteiger partial charge in [0.15, 0.2) is 0 Å². The van der Waals surface area contributed by atoms with Crippen LogP contribution in [0.5, 0.6) is 0 Å². The highest BCUT2D eigenvalue weighted by Crippen LogP contribution is 1.72. The topological polar surface area (TPSA) is 63.3 Å². The van der Waals surface area contributed by atoms with Crippen LogP contribution in [0.4, 0.5) is 0 Å². The lowest BCUT2D eigenvalue weighted by molar-refractivity contribution is -0.137. The van der Waals surface area contributed by atoms with Crippen LogP contribution in [0.25, 0.3) is 0 Å². The summed E-state index contributed by atoms with van der Waals surface area (Å²) in [5, 5.41) is 7.99. The van der Waals surface area contributed by atoms with E-state index in [2.05, 4.69) is 12.6 Å². The molecule has 3 nitrogen and oxygen atoms in total. The second kappa shape index (κ2) is 2.87. The molecule has 0 aliphatic rings. The minimum atomic E-state index is -1.03. The normalized spacial score (nSPS) is 13.4. The molecule has 0 fully saturated rings. The summed E-state index contributed by atoms with van der Waals surface area (Å²) in [5.41, 5.74) is 4.91. The van der Waals surface area contributed by atoms with E-state index in [1.54, 1.807) is 0 Å². The van der Waals surface area contributed by atoms with Gasteiger partial charge in [-0.15, -0.1) is 0 Å². The molecule has 0 amide bonds. The summed E-state index contributed by atoms with van der Waals surface area (Å²) < 4.78 is 0. The first-order valence-corrected chi connectivity index (χ1v) is 2.32. The third-order valence-corrected chi connectivity index (χ3v) is 0.856. The summed E-state index contributed by atoms with van der Waals surface area (Å²) >= 11 is 4.35. The van der Waals surface area contributed by atoms with Crippen LogP contribution in [-0.2, 0) is 17.4 Å². The molecule has 0 spiro atoms. The van der Waals surface area contributed by atoms with Gasteiger partial charge in [0.1, 0.15) is 0 Å². The summed E-state index contributed by atoms with van der Waals surface area (Å²) in [4.78, 5) is 9.74. The Morgan fingerprint density at radius 3 is 2.43 bits per heavy atom. The molecule has 0 bridgehead atoms. The van der Waals surface area contributed by atoms with Gasteiger partial charge in [0.25, 0.3) is 0 Å². The van der Waals surface area contributed by atoms with Crippen LogP contribution in [-0.4, -0.2) is 22.9 Å². The molecule has 3 N–H and O–H groups in total. The summed E-state index contributed by atoms with van der Waals surface area (Å²) in [6.45, 7) is 0. The van der Waals surface area contributed by atoms with E-state index < -0.39 is 12.0 Å². The van der Waals surface area contributed by atoms with Gasteiger partial charge in [0.2, 0.25) is 0 Å². The predicted octanol–water partition coefficient (Wildman–Crippen LogP) is -1.05. The highest BCUT2D eigenvalue weighted by Gasteiger charge is 2.01. The Labute approximate surface area is 46.9 Å². The van der Waals surface area contributed by atoms with E-state index in [1.807, 2.05) is 0 Å². The first-order chi connectivity index (χ1) is 3.18. The Bertz CT molecular complexity index is 75.3. The maximum Gasteiger partial charge on any atom is 0.318 e. The number of hydrogen-bond donors (Lipinski definition) is 2. The molecule has 0 radical (unpaired) electrons. The maximum atomic E-state index is 9.74. The van der Waals surface area contributed by atoms with E-state index in [0.717, 1.165) is 0 Å². The number of rotatable bonds is 2. The standard InChI is InChI=1S/C3H7NO2S/c4-2(1-7)3(5)6/h2,7H,1,4H2,(H,5,6)/p-1/t2-/m0/s1. The molecule has 0 aliphatic carbocycles. The van der Waals surface area contributed by atoms with Crippen LogP contribution in [0, 0.1) is 0 Å². The van der Waals surface area contributed by atoms with Gasteiger partial charge < -0.3 is 23.5 Å². The van der Waals surface area contributed by atoms with Crippen molar-refractivity contribution < 1.29 is 9.90 Å². The first kappa shape index (κ1) is 6.78. The summed E-state index contributed by atoms with van der Waals surface area (Å²) in [7, 11) is 0. The van der Waals surface area contributed by atoms with Crippen LogP contribution in [0.1, 0.15) is 0 Å². The molecule has 0 rings (SSSR count). The molecular formula is C3H6NO2S-. The zero-order valence-corrected chi connectivity index (χ0v) is 4.44. The number of carboxylic acid groups (broad SMARTS) is 1. The third kappa shape index (κ3) is 2.47. The molecule has 7 heavy (non-hydrogen) atoms. The maximum absolute atomic E-state index is 9.74. The van der Waals surface area contributed by atoms with Crippen molar-refractivity contribution in [3.8, 4) is 0 Å². The van der Waals surface area contributed by atoms with Crippen LogP contribution < -0.4 is 5.73 Å². The van der Waals surface area contributed by atoms with E-state index in [4.69, 9.17) is 10.8 Å². The summed E-state index contributed by atoms with van der Waals surface area (Å²) in [5.74, 6) is -0.954. The Balaban J connectivity index is 3.34. The van der Waals surface area contributed by atoms with Crippen LogP contribution >= 0.6 is 0 Å². The van der Waals surface area contributed by atoms with Gasteiger partial charge in [-0.05, 0) is 0 Å². The highest BCUT2D eigenvalue weighted by atomic mass is 32.1. The minimum Gasteiger partial charge on any atom is -0.791 e. The van der Waals surface area contributed by atoms with Gasteiger partial charge in [-0.3, -0.25) is 4.79 Å². The largest absolute Gasteiger partial charge is 0.791 e. The van der Waals surface area contributed by atoms with Crippen LogP contribution in [0.3, 0.4) is 0 Å². The van der Waals surface area contributed by atoms with E-state index in [1.165, 1.54) is 0 Å². The molecule has 0 heterocycles. The summed E-state index contributed by atoms with van der Waals surface area (Å²) in [6, 6.07) is -0.866. The van der Waals surface area contributed by atoms with Crippen LogP contribution in [0.2, 0.25) is 0 Å². The molecule has 0 aromatic heterocycles. The molecular weight excluding hydrogens is 114 g/mol. The Morgan fingerprint density at radius 1 is 2.00 bits per heavy atom. The molecule has 0 aliphatic heterocycles. The molecule has 0 saturated heterocycles. The van der Waals surface area contributed by atoms with E-state index in [-0.39, 0.29) is 5.75 Å². The Kier molecular flexibility index (Phi) is 2.78.